The van der Waals surface area contributed by atoms with Gasteiger partial charge >= 0.3 is 0 Å². The second-order valence-electron chi connectivity index (χ2n) is 6.05. The molecule has 0 saturated heterocycles. The van der Waals surface area contributed by atoms with E-state index in [1.807, 2.05) is 30.3 Å². The van der Waals surface area contributed by atoms with Gasteiger partial charge in [-0.3, -0.25) is 0 Å². The molecule has 21 heavy (non-hydrogen) atoms. The number of benzene rings is 2. The summed E-state index contributed by atoms with van der Waals surface area (Å²) in [6.45, 7) is 4.19. The van der Waals surface area contributed by atoms with Gasteiger partial charge in [-0.15, -0.1) is 0 Å². The van der Waals surface area contributed by atoms with Gasteiger partial charge in [-0.1, -0.05) is 39.7 Å². The molecule has 0 spiro atoms. The van der Waals surface area contributed by atoms with Gasteiger partial charge in [0.1, 0.15) is 11.4 Å². The molecule has 0 amide bonds. The molecule has 2 aromatic carbocycles. The second kappa shape index (κ2) is 5.31. The first-order chi connectivity index (χ1) is 9.85. The minimum Gasteiger partial charge on any atom is -0.487 e. The van der Waals surface area contributed by atoms with Crippen molar-refractivity contribution in [3.63, 3.8) is 0 Å². The van der Waals surface area contributed by atoms with Crippen LogP contribution in [-0.2, 0) is 6.42 Å². The van der Waals surface area contributed by atoms with E-state index in [2.05, 4.69) is 35.8 Å². The van der Waals surface area contributed by atoms with Gasteiger partial charge < -0.3 is 10.5 Å². The predicted molar refractivity (Wildman–Crippen MR) is 90.0 cm³/mol. The lowest BCUT2D eigenvalue weighted by Gasteiger charge is -2.16. The smallest absolute Gasteiger partial charge is 0.123 e. The maximum absolute atomic E-state index is 6.42. The molecule has 2 N–H and O–H groups in total. The van der Waals surface area contributed by atoms with Gasteiger partial charge in [0.25, 0.3) is 0 Å². The zero-order valence-electron chi connectivity index (χ0n) is 12.0. The van der Waals surface area contributed by atoms with Crippen LogP contribution in [0.1, 0.15) is 36.6 Å². The first-order valence-corrected chi connectivity index (χ1v) is 8.05. The Morgan fingerprint density at radius 2 is 2.00 bits per heavy atom. The SMILES string of the molecule is CC1(C)Cc2cc(C(N)c3cc(Cl)ccc3Br)ccc2O1. The third-order valence-electron chi connectivity index (χ3n) is 3.74. The Hall–Kier alpha value is -1.03. The molecule has 1 aliphatic heterocycles. The van der Waals surface area contributed by atoms with Crippen LogP contribution >= 0.6 is 27.5 Å². The van der Waals surface area contributed by atoms with Crippen molar-refractivity contribution < 1.29 is 4.74 Å². The summed E-state index contributed by atoms with van der Waals surface area (Å²) in [4.78, 5) is 0. The topological polar surface area (TPSA) is 35.2 Å². The van der Waals surface area contributed by atoms with Crippen LogP contribution in [0.25, 0.3) is 0 Å². The van der Waals surface area contributed by atoms with E-state index in [9.17, 15) is 0 Å². The molecule has 110 valence electrons. The molecule has 2 aromatic rings. The fraction of sp³-hybridized carbons (Fsp3) is 0.294. The Morgan fingerprint density at radius 1 is 1.24 bits per heavy atom. The Morgan fingerprint density at radius 3 is 2.76 bits per heavy atom. The summed E-state index contributed by atoms with van der Waals surface area (Å²) < 4.78 is 6.88. The minimum atomic E-state index is -0.216. The molecule has 1 unspecified atom stereocenters. The first-order valence-electron chi connectivity index (χ1n) is 6.88. The fourth-order valence-electron chi connectivity index (χ4n) is 2.76. The van der Waals surface area contributed by atoms with Crippen LogP contribution < -0.4 is 10.5 Å². The van der Waals surface area contributed by atoms with Gasteiger partial charge in [-0.25, -0.2) is 0 Å². The Bertz CT molecular complexity index is 699. The van der Waals surface area contributed by atoms with E-state index in [-0.39, 0.29) is 11.6 Å². The zero-order valence-corrected chi connectivity index (χ0v) is 14.3. The number of hydrogen-bond acceptors (Lipinski definition) is 2. The van der Waals surface area contributed by atoms with Crippen molar-refractivity contribution in [2.45, 2.75) is 31.9 Å². The monoisotopic (exact) mass is 365 g/mol. The maximum atomic E-state index is 6.42. The molecule has 1 heterocycles. The highest BCUT2D eigenvalue weighted by Gasteiger charge is 2.30. The fourth-order valence-corrected chi connectivity index (χ4v) is 3.43. The number of nitrogens with two attached hydrogens (primary N) is 1. The summed E-state index contributed by atoms with van der Waals surface area (Å²) in [7, 11) is 0. The lowest BCUT2D eigenvalue weighted by molar-refractivity contribution is 0.138. The summed E-state index contributed by atoms with van der Waals surface area (Å²) in [6, 6.07) is 11.6. The van der Waals surface area contributed by atoms with Gasteiger partial charge in [0.2, 0.25) is 0 Å². The standard InChI is InChI=1S/C17H17BrClNO/c1-17(2)9-11-7-10(3-6-15(11)21-17)16(20)13-8-12(19)4-5-14(13)18/h3-8,16H,9,20H2,1-2H3. The lowest BCUT2D eigenvalue weighted by Crippen LogP contribution is -2.24. The Kier molecular flexibility index (Phi) is 3.76. The van der Waals surface area contributed by atoms with Gasteiger partial charge in [0, 0.05) is 15.9 Å². The molecule has 0 saturated carbocycles. The summed E-state index contributed by atoms with van der Waals surface area (Å²) in [5.41, 5.74) is 9.55. The van der Waals surface area contributed by atoms with E-state index in [0.29, 0.717) is 5.02 Å². The molecule has 1 atom stereocenters. The van der Waals surface area contributed by atoms with Crippen molar-refractivity contribution in [1.82, 2.24) is 0 Å². The molecule has 0 radical (unpaired) electrons. The molecule has 3 rings (SSSR count). The van der Waals surface area contributed by atoms with Gasteiger partial charge in [-0.05, 0) is 54.8 Å². The summed E-state index contributed by atoms with van der Waals surface area (Å²) in [6.07, 6.45) is 0.902. The highest BCUT2D eigenvalue weighted by Crippen LogP contribution is 2.37. The van der Waals surface area contributed by atoms with Crippen LogP contribution in [-0.4, -0.2) is 5.60 Å². The number of rotatable bonds is 2. The van der Waals surface area contributed by atoms with Crippen LogP contribution in [0.3, 0.4) is 0 Å². The summed E-state index contributed by atoms with van der Waals surface area (Å²) in [5, 5.41) is 0.689. The maximum Gasteiger partial charge on any atom is 0.123 e. The van der Waals surface area contributed by atoms with Crippen molar-refractivity contribution in [3.05, 3.63) is 62.6 Å². The van der Waals surface area contributed by atoms with Gasteiger partial charge in [0.15, 0.2) is 0 Å². The van der Waals surface area contributed by atoms with Crippen LogP contribution in [0.5, 0.6) is 5.75 Å². The van der Waals surface area contributed by atoms with E-state index < -0.39 is 0 Å². The molecule has 2 nitrogen and oxygen atoms in total. The van der Waals surface area contributed by atoms with Crippen molar-refractivity contribution in [3.8, 4) is 5.75 Å². The molecular formula is C17H17BrClNO. The van der Waals surface area contributed by atoms with Gasteiger partial charge in [-0.2, -0.15) is 0 Å². The average molecular weight is 367 g/mol. The van der Waals surface area contributed by atoms with Crippen LogP contribution in [0.2, 0.25) is 5.02 Å². The van der Waals surface area contributed by atoms with Crippen molar-refractivity contribution >= 4 is 27.5 Å². The zero-order chi connectivity index (χ0) is 15.2. The van der Waals surface area contributed by atoms with Crippen LogP contribution in [0, 0.1) is 0 Å². The highest BCUT2D eigenvalue weighted by molar-refractivity contribution is 9.10. The molecular weight excluding hydrogens is 350 g/mol. The second-order valence-corrected chi connectivity index (χ2v) is 7.34. The third kappa shape index (κ3) is 2.96. The van der Waals surface area contributed by atoms with Gasteiger partial charge in [0.05, 0.1) is 6.04 Å². The lowest BCUT2D eigenvalue weighted by atomic mass is 9.95. The Balaban J connectivity index is 1.97. The third-order valence-corrected chi connectivity index (χ3v) is 4.70. The number of hydrogen-bond donors (Lipinski definition) is 1. The highest BCUT2D eigenvalue weighted by atomic mass is 79.9. The summed E-state index contributed by atoms with van der Waals surface area (Å²) in [5.74, 6) is 0.959. The van der Waals surface area contributed by atoms with Crippen LogP contribution in [0.15, 0.2) is 40.9 Å². The quantitative estimate of drug-likeness (QED) is 0.823. The van der Waals surface area contributed by atoms with E-state index in [0.717, 1.165) is 27.8 Å². The number of halogens is 2. The minimum absolute atomic E-state index is 0.137. The van der Waals surface area contributed by atoms with E-state index >= 15 is 0 Å². The van der Waals surface area contributed by atoms with Crippen molar-refractivity contribution in [1.29, 1.82) is 0 Å². The van der Waals surface area contributed by atoms with E-state index in [1.165, 1.54) is 5.56 Å². The summed E-state index contributed by atoms with van der Waals surface area (Å²) >= 11 is 9.63. The normalized spacial score (nSPS) is 17.2. The van der Waals surface area contributed by atoms with Crippen molar-refractivity contribution in [2.75, 3.05) is 0 Å². The molecule has 0 bridgehead atoms. The first kappa shape index (κ1) is 14.9. The largest absolute Gasteiger partial charge is 0.487 e. The van der Waals surface area contributed by atoms with E-state index in [1.54, 1.807) is 0 Å². The predicted octanol–water partition coefficient (Wildman–Crippen LogP) is 4.86. The number of ether oxygens (including phenoxy) is 1. The Labute approximate surface area is 138 Å². The molecule has 0 aliphatic carbocycles. The molecule has 0 aromatic heterocycles. The molecule has 1 aliphatic rings. The molecule has 0 fully saturated rings. The number of fused-ring (bicyclic) bond motifs is 1. The van der Waals surface area contributed by atoms with E-state index in [4.69, 9.17) is 22.1 Å². The average Bonchev–Trinajstić information content (AvgIpc) is 2.73. The van der Waals surface area contributed by atoms with Crippen molar-refractivity contribution in [2.24, 2.45) is 5.73 Å². The molecule has 4 heteroatoms. The van der Waals surface area contributed by atoms with Crippen LogP contribution in [0.4, 0.5) is 0 Å².